The molecule has 1 unspecified atom stereocenters. The molecule has 0 fully saturated rings. The third-order valence-electron chi connectivity index (χ3n) is 4.19. The summed E-state index contributed by atoms with van der Waals surface area (Å²) in [5.74, 6) is 1.77. The Hall–Kier alpha value is -2.04. The summed E-state index contributed by atoms with van der Waals surface area (Å²) in [4.78, 5) is 0. The Morgan fingerprint density at radius 3 is 2.38 bits per heavy atom. The highest BCUT2D eigenvalue weighted by molar-refractivity contribution is 5.43. The Morgan fingerprint density at radius 2 is 1.71 bits per heavy atom. The van der Waals surface area contributed by atoms with Gasteiger partial charge in [0.05, 0.1) is 20.3 Å². The fourth-order valence-electron chi connectivity index (χ4n) is 2.71. The topological polar surface area (TPSA) is 50.7 Å². The second-order valence-corrected chi connectivity index (χ2v) is 6.10. The van der Waals surface area contributed by atoms with E-state index in [0.29, 0.717) is 12.5 Å². The molecule has 2 rings (SSSR count). The molecule has 130 valence electrons. The van der Waals surface area contributed by atoms with Gasteiger partial charge in [0.25, 0.3) is 0 Å². The van der Waals surface area contributed by atoms with Crippen LogP contribution in [0.25, 0.3) is 0 Å². The molecule has 0 spiro atoms. The average molecular weight is 329 g/mol. The van der Waals surface area contributed by atoms with Crippen molar-refractivity contribution in [3.63, 3.8) is 0 Å². The molecule has 0 saturated heterocycles. The van der Waals surface area contributed by atoms with Gasteiger partial charge in [0.1, 0.15) is 0 Å². The van der Waals surface area contributed by atoms with E-state index in [2.05, 4.69) is 12.2 Å². The maximum absolute atomic E-state index is 10.3. The highest BCUT2D eigenvalue weighted by atomic mass is 16.5. The normalized spacial score (nSPS) is 13.4. The van der Waals surface area contributed by atoms with Crippen molar-refractivity contribution in [2.24, 2.45) is 0 Å². The van der Waals surface area contributed by atoms with Crippen LogP contribution in [-0.4, -0.2) is 32.4 Å². The Labute approximate surface area is 144 Å². The minimum atomic E-state index is -0.498. The molecule has 0 aliphatic heterocycles. The highest BCUT2D eigenvalue weighted by Crippen LogP contribution is 2.30. The zero-order valence-corrected chi connectivity index (χ0v) is 14.9. The lowest BCUT2D eigenvalue weighted by molar-refractivity contribution is 0.174. The number of aliphatic hydroxyl groups is 1. The van der Waals surface area contributed by atoms with Gasteiger partial charge in [-0.2, -0.15) is 0 Å². The van der Waals surface area contributed by atoms with Crippen LogP contribution in [-0.2, 0) is 0 Å². The number of aryl methyl sites for hydroxylation is 1. The Morgan fingerprint density at radius 1 is 0.958 bits per heavy atom. The van der Waals surface area contributed by atoms with E-state index >= 15 is 0 Å². The van der Waals surface area contributed by atoms with Crippen LogP contribution >= 0.6 is 0 Å². The third-order valence-corrected chi connectivity index (χ3v) is 4.19. The van der Waals surface area contributed by atoms with Gasteiger partial charge in [-0.05, 0) is 36.1 Å². The van der Waals surface area contributed by atoms with Crippen LogP contribution in [0.2, 0.25) is 0 Å². The Bertz CT molecular complexity index is 657. The van der Waals surface area contributed by atoms with Gasteiger partial charge in [-0.15, -0.1) is 0 Å². The van der Waals surface area contributed by atoms with Gasteiger partial charge in [-0.25, -0.2) is 0 Å². The van der Waals surface area contributed by atoms with Gasteiger partial charge in [0, 0.05) is 13.1 Å². The summed E-state index contributed by atoms with van der Waals surface area (Å²) in [6.45, 7) is 5.48. The van der Waals surface area contributed by atoms with Crippen molar-refractivity contribution in [2.45, 2.75) is 25.9 Å². The number of hydrogen-bond donors (Lipinski definition) is 2. The monoisotopic (exact) mass is 329 g/mol. The average Bonchev–Trinajstić information content (AvgIpc) is 2.60. The molecule has 2 N–H and O–H groups in total. The van der Waals surface area contributed by atoms with Crippen LogP contribution in [0, 0.1) is 6.92 Å². The van der Waals surface area contributed by atoms with Crippen molar-refractivity contribution in [1.82, 2.24) is 5.32 Å². The first-order chi connectivity index (χ1) is 11.5. The molecule has 0 saturated carbocycles. The van der Waals surface area contributed by atoms with Crippen LogP contribution in [0.5, 0.6) is 11.5 Å². The van der Waals surface area contributed by atoms with Crippen molar-refractivity contribution >= 4 is 0 Å². The Kier molecular flexibility index (Phi) is 6.64. The van der Waals surface area contributed by atoms with Crippen molar-refractivity contribution in [3.8, 4) is 11.5 Å². The van der Waals surface area contributed by atoms with Crippen LogP contribution in [0.1, 0.15) is 35.6 Å². The number of rotatable bonds is 8. The molecular weight excluding hydrogens is 302 g/mol. The predicted molar refractivity (Wildman–Crippen MR) is 97.0 cm³/mol. The van der Waals surface area contributed by atoms with Crippen molar-refractivity contribution in [2.75, 3.05) is 27.3 Å². The smallest absolute Gasteiger partial charge is 0.160 e. The minimum Gasteiger partial charge on any atom is -0.493 e. The lowest BCUT2D eigenvalue weighted by atomic mass is 10.0. The number of hydrogen-bond acceptors (Lipinski definition) is 4. The van der Waals surface area contributed by atoms with Crippen LogP contribution < -0.4 is 14.8 Å². The molecule has 4 heteroatoms. The van der Waals surface area contributed by atoms with Crippen molar-refractivity contribution < 1.29 is 14.6 Å². The zero-order chi connectivity index (χ0) is 17.5. The van der Waals surface area contributed by atoms with Gasteiger partial charge in [-0.1, -0.05) is 42.8 Å². The maximum atomic E-state index is 10.3. The fraction of sp³-hybridized carbons (Fsp3) is 0.400. The third kappa shape index (κ3) is 4.73. The fourth-order valence-corrected chi connectivity index (χ4v) is 2.71. The quantitative estimate of drug-likeness (QED) is 0.779. The van der Waals surface area contributed by atoms with Crippen molar-refractivity contribution in [1.29, 1.82) is 0 Å². The van der Waals surface area contributed by atoms with E-state index in [0.717, 1.165) is 29.2 Å². The minimum absolute atomic E-state index is 0.300. The van der Waals surface area contributed by atoms with E-state index in [1.54, 1.807) is 14.2 Å². The van der Waals surface area contributed by atoms with E-state index in [9.17, 15) is 5.11 Å². The summed E-state index contributed by atoms with van der Waals surface area (Å²) in [6, 6.07) is 13.9. The molecule has 0 bridgehead atoms. The molecule has 24 heavy (non-hydrogen) atoms. The van der Waals surface area contributed by atoms with Gasteiger partial charge in [0.15, 0.2) is 11.5 Å². The summed E-state index contributed by atoms with van der Waals surface area (Å²) in [5, 5.41) is 13.6. The lowest BCUT2D eigenvalue weighted by Gasteiger charge is -2.17. The molecule has 0 aromatic heterocycles. The first kappa shape index (κ1) is 18.3. The highest BCUT2D eigenvalue weighted by Gasteiger charge is 2.12. The second-order valence-electron chi connectivity index (χ2n) is 6.10. The first-order valence-corrected chi connectivity index (χ1v) is 8.22. The molecule has 0 aliphatic rings. The van der Waals surface area contributed by atoms with E-state index < -0.39 is 6.10 Å². The molecule has 0 aliphatic carbocycles. The number of methoxy groups -OCH3 is 2. The predicted octanol–water partition coefficient (Wildman–Crippen LogP) is 3.44. The number of ether oxygens (including phenoxy) is 2. The lowest BCUT2D eigenvalue weighted by Crippen LogP contribution is -2.25. The van der Waals surface area contributed by atoms with Gasteiger partial charge < -0.3 is 19.9 Å². The standard InChI is InChI=1S/C20H27NO3/c1-14-6-5-7-17(10-14)18(22)13-21-12-15(2)16-8-9-19(23-3)20(11-16)24-4/h5-11,15,18,21-22H,12-13H2,1-4H3/t15?,18-/m0/s1. The molecule has 0 amide bonds. The first-order valence-electron chi connectivity index (χ1n) is 8.22. The van der Waals surface area contributed by atoms with Gasteiger partial charge >= 0.3 is 0 Å². The summed E-state index contributed by atoms with van der Waals surface area (Å²) < 4.78 is 10.6. The molecule has 2 atom stereocenters. The number of benzene rings is 2. The maximum Gasteiger partial charge on any atom is 0.160 e. The van der Waals surface area contributed by atoms with Crippen LogP contribution in [0.4, 0.5) is 0 Å². The zero-order valence-electron chi connectivity index (χ0n) is 14.9. The SMILES string of the molecule is COc1ccc(C(C)CNC[C@H](O)c2cccc(C)c2)cc1OC. The van der Waals surface area contributed by atoms with Crippen molar-refractivity contribution in [3.05, 3.63) is 59.2 Å². The van der Waals surface area contributed by atoms with E-state index in [4.69, 9.17) is 9.47 Å². The molecule has 2 aromatic rings. The number of nitrogens with one attached hydrogen (secondary N) is 1. The molecule has 4 nitrogen and oxygen atoms in total. The Balaban J connectivity index is 1.90. The van der Waals surface area contributed by atoms with Crippen LogP contribution in [0.15, 0.2) is 42.5 Å². The summed E-state index contributed by atoms with van der Waals surface area (Å²) in [7, 11) is 3.28. The molecule has 2 aromatic carbocycles. The summed E-state index contributed by atoms with van der Waals surface area (Å²) in [5.41, 5.74) is 3.27. The van der Waals surface area contributed by atoms with Gasteiger partial charge in [0.2, 0.25) is 0 Å². The van der Waals surface area contributed by atoms with E-state index in [1.807, 2.05) is 49.4 Å². The summed E-state index contributed by atoms with van der Waals surface area (Å²) >= 11 is 0. The van der Waals surface area contributed by atoms with Gasteiger partial charge in [-0.3, -0.25) is 0 Å². The molecule has 0 radical (unpaired) electrons. The number of aliphatic hydroxyl groups excluding tert-OH is 1. The van der Waals surface area contributed by atoms with E-state index in [-0.39, 0.29) is 0 Å². The van der Waals surface area contributed by atoms with E-state index in [1.165, 1.54) is 5.56 Å². The molecule has 0 heterocycles. The second kappa shape index (κ2) is 8.71. The largest absolute Gasteiger partial charge is 0.493 e. The molecular formula is C20H27NO3. The summed E-state index contributed by atoms with van der Waals surface area (Å²) in [6.07, 6.45) is -0.498. The van der Waals surface area contributed by atoms with Crippen LogP contribution in [0.3, 0.4) is 0 Å².